The molecule has 0 amide bonds. The van der Waals surface area contributed by atoms with E-state index in [1.165, 1.54) is 12.8 Å². The molecule has 2 aliphatic heterocycles. The molecule has 3 fully saturated rings. The average Bonchev–Trinajstić information content (AvgIpc) is 2.78. The summed E-state index contributed by atoms with van der Waals surface area (Å²) in [6.07, 6.45) is 1.89. The largest absolute Gasteiger partial charge is 0.388 e. The van der Waals surface area contributed by atoms with Crippen molar-refractivity contribution in [1.29, 1.82) is 0 Å². The number of fused-ring (bicyclic) bond motifs is 3. The van der Waals surface area contributed by atoms with E-state index in [1.54, 1.807) is 0 Å². The van der Waals surface area contributed by atoms with Crippen molar-refractivity contribution in [1.82, 2.24) is 0 Å². The highest BCUT2D eigenvalue weighted by Gasteiger charge is 2.65. The molecule has 1 N–H and O–H groups in total. The second-order valence-electron chi connectivity index (χ2n) is 5.32. The van der Waals surface area contributed by atoms with Crippen molar-refractivity contribution < 1.29 is 14.6 Å². The summed E-state index contributed by atoms with van der Waals surface area (Å²) in [5.41, 5.74) is 0.251. The minimum absolute atomic E-state index is 0.251. The molecule has 2 heterocycles. The minimum atomic E-state index is -0.420. The van der Waals surface area contributed by atoms with E-state index in [0.29, 0.717) is 18.4 Å². The van der Waals surface area contributed by atoms with Crippen molar-refractivity contribution >= 4 is 0 Å². The molecular weight excluding hydrogens is 180 g/mol. The molecule has 0 unspecified atom stereocenters. The van der Waals surface area contributed by atoms with Crippen molar-refractivity contribution in [2.75, 3.05) is 6.61 Å². The fraction of sp³-hybridized carbons (Fsp3) is 1.00. The van der Waals surface area contributed by atoms with Crippen LogP contribution in [0.5, 0.6) is 0 Å². The van der Waals surface area contributed by atoms with Gasteiger partial charge in [-0.25, -0.2) is 0 Å². The monoisotopic (exact) mass is 198 g/mol. The number of rotatable bonds is 1. The number of hydrogen-bond donors (Lipinski definition) is 1. The van der Waals surface area contributed by atoms with Crippen molar-refractivity contribution in [2.24, 2.45) is 17.3 Å². The maximum Gasteiger partial charge on any atom is 0.184 e. The van der Waals surface area contributed by atoms with Crippen LogP contribution < -0.4 is 0 Å². The predicted molar refractivity (Wildman–Crippen MR) is 50.6 cm³/mol. The maximum atomic E-state index is 10.2. The first-order valence-electron chi connectivity index (χ1n) is 5.60. The van der Waals surface area contributed by atoms with Crippen LogP contribution in [0.25, 0.3) is 0 Å². The fourth-order valence-electron chi connectivity index (χ4n) is 3.49. The molecule has 3 aliphatic rings. The van der Waals surface area contributed by atoms with Crippen LogP contribution >= 0.6 is 0 Å². The summed E-state index contributed by atoms with van der Waals surface area (Å²) in [6, 6.07) is 0. The lowest BCUT2D eigenvalue weighted by molar-refractivity contribution is -0.208. The van der Waals surface area contributed by atoms with Crippen LogP contribution in [-0.2, 0) is 9.47 Å². The summed E-state index contributed by atoms with van der Waals surface area (Å²) in [4.78, 5) is 0. The van der Waals surface area contributed by atoms with Crippen molar-refractivity contribution in [3.05, 3.63) is 0 Å². The number of aliphatic hydroxyl groups excluding tert-OH is 1. The summed E-state index contributed by atoms with van der Waals surface area (Å²) >= 11 is 0. The molecule has 3 heteroatoms. The maximum absolute atomic E-state index is 10.2. The second kappa shape index (κ2) is 2.71. The Kier molecular flexibility index (Phi) is 1.77. The number of ether oxygens (including phenoxy) is 2. The van der Waals surface area contributed by atoms with Gasteiger partial charge in [-0.2, -0.15) is 0 Å². The topological polar surface area (TPSA) is 38.7 Å². The van der Waals surface area contributed by atoms with Crippen LogP contribution in [-0.4, -0.2) is 30.2 Å². The summed E-state index contributed by atoms with van der Waals surface area (Å²) < 4.78 is 11.2. The Morgan fingerprint density at radius 3 is 2.64 bits per heavy atom. The normalized spacial score (nSPS) is 48.9. The Hall–Kier alpha value is -0.120. The fourth-order valence-corrected chi connectivity index (χ4v) is 3.49. The highest BCUT2D eigenvalue weighted by atomic mass is 16.7. The molecule has 3 nitrogen and oxygen atoms in total. The van der Waals surface area contributed by atoms with Crippen molar-refractivity contribution in [3.8, 4) is 0 Å². The summed E-state index contributed by atoms with van der Waals surface area (Å²) in [5.74, 6) is 0.886. The van der Waals surface area contributed by atoms with E-state index in [1.807, 2.05) is 0 Å². The van der Waals surface area contributed by atoms with Crippen molar-refractivity contribution in [2.45, 2.75) is 45.2 Å². The lowest BCUT2D eigenvalue weighted by atomic mass is 9.72. The molecule has 80 valence electrons. The Bertz CT molecular complexity index is 247. The van der Waals surface area contributed by atoms with Gasteiger partial charge >= 0.3 is 0 Å². The van der Waals surface area contributed by atoms with Gasteiger partial charge in [0.2, 0.25) is 0 Å². The average molecular weight is 198 g/mol. The van der Waals surface area contributed by atoms with Gasteiger partial charge in [0.25, 0.3) is 0 Å². The third-order valence-corrected chi connectivity index (χ3v) is 4.21. The quantitative estimate of drug-likeness (QED) is 0.687. The van der Waals surface area contributed by atoms with E-state index in [9.17, 15) is 5.11 Å². The summed E-state index contributed by atoms with van der Waals surface area (Å²) in [6.45, 7) is 5.07. The SMILES string of the molecule is CC(C)[C@H]1[C@H](O)[C@@H]2OC[C@@H](O2)C12CC2. The molecule has 0 radical (unpaired) electrons. The van der Waals surface area contributed by atoms with Gasteiger partial charge < -0.3 is 14.6 Å². The molecular formula is C11H18O3. The van der Waals surface area contributed by atoms with Crippen LogP contribution in [0.1, 0.15) is 26.7 Å². The highest BCUT2D eigenvalue weighted by molar-refractivity contribution is 5.11. The van der Waals surface area contributed by atoms with Gasteiger partial charge in [-0.3, -0.25) is 0 Å². The van der Waals surface area contributed by atoms with Gasteiger partial charge in [0, 0.05) is 11.3 Å². The first kappa shape index (κ1) is 9.13. The molecule has 2 bridgehead atoms. The molecule has 4 atom stereocenters. The van der Waals surface area contributed by atoms with Gasteiger partial charge in [0.15, 0.2) is 6.29 Å². The van der Waals surface area contributed by atoms with Crippen LogP contribution in [0, 0.1) is 17.3 Å². The Balaban J connectivity index is 1.94. The Morgan fingerprint density at radius 1 is 1.36 bits per heavy atom. The number of aliphatic hydroxyl groups is 1. The predicted octanol–water partition coefficient (Wildman–Crippen LogP) is 1.15. The molecule has 1 spiro atoms. The summed E-state index contributed by atoms with van der Waals surface area (Å²) in [5, 5.41) is 10.2. The zero-order chi connectivity index (χ0) is 9.92. The van der Waals surface area contributed by atoms with Crippen LogP contribution in [0.15, 0.2) is 0 Å². The molecule has 1 saturated carbocycles. The Labute approximate surface area is 84.4 Å². The zero-order valence-corrected chi connectivity index (χ0v) is 8.77. The zero-order valence-electron chi connectivity index (χ0n) is 8.77. The molecule has 3 rings (SSSR count). The first-order chi connectivity index (χ1) is 6.65. The van der Waals surface area contributed by atoms with E-state index in [4.69, 9.17) is 9.47 Å². The van der Waals surface area contributed by atoms with Gasteiger partial charge in [-0.1, -0.05) is 13.8 Å². The molecule has 0 aromatic carbocycles. The third kappa shape index (κ3) is 0.980. The van der Waals surface area contributed by atoms with E-state index < -0.39 is 6.10 Å². The molecule has 0 aromatic heterocycles. The van der Waals surface area contributed by atoms with E-state index >= 15 is 0 Å². The minimum Gasteiger partial charge on any atom is -0.388 e. The lowest BCUT2D eigenvalue weighted by Crippen LogP contribution is -2.50. The molecule has 14 heavy (non-hydrogen) atoms. The van der Waals surface area contributed by atoms with E-state index in [0.717, 1.165) is 0 Å². The van der Waals surface area contributed by atoms with Crippen LogP contribution in [0.2, 0.25) is 0 Å². The van der Waals surface area contributed by atoms with Crippen LogP contribution in [0.3, 0.4) is 0 Å². The molecule has 2 saturated heterocycles. The highest BCUT2D eigenvalue weighted by Crippen LogP contribution is 2.63. The third-order valence-electron chi connectivity index (χ3n) is 4.21. The smallest absolute Gasteiger partial charge is 0.184 e. The van der Waals surface area contributed by atoms with E-state index in [2.05, 4.69) is 13.8 Å². The van der Waals surface area contributed by atoms with Crippen molar-refractivity contribution in [3.63, 3.8) is 0 Å². The summed E-state index contributed by atoms with van der Waals surface area (Å²) in [7, 11) is 0. The second-order valence-corrected chi connectivity index (χ2v) is 5.32. The Morgan fingerprint density at radius 2 is 2.07 bits per heavy atom. The molecule has 0 aromatic rings. The van der Waals surface area contributed by atoms with Gasteiger partial charge in [-0.15, -0.1) is 0 Å². The first-order valence-corrected chi connectivity index (χ1v) is 5.60. The standard InChI is InChI=1S/C11H18O3/c1-6(2)8-9(12)10-13-5-7(14-10)11(8)3-4-11/h6-10,12H,3-5H2,1-2H3/t7-,8+,9+,10-/m1/s1. The number of hydrogen-bond acceptors (Lipinski definition) is 3. The molecule has 1 aliphatic carbocycles. The van der Waals surface area contributed by atoms with Gasteiger partial charge in [0.05, 0.1) is 12.7 Å². The van der Waals surface area contributed by atoms with Crippen LogP contribution in [0.4, 0.5) is 0 Å². The van der Waals surface area contributed by atoms with Gasteiger partial charge in [-0.05, 0) is 18.8 Å². The van der Waals surface area contributed by atoms with Gasteiger partial charge in [0.1, 0.15) is 6.10 Å². The lowest BCUT2D eigenvalue weighted by Gasteiger charge is -2.41. The van der Waals surface area contributed by atoms with E-state index in [-0.39, 0.29) is 17.8 Å².